The molecule has 0 bridgehead atoms. The zero-order chi connectivity index (χ0) is 19.0. The van der Waals surface area contributed by atoms with Gasteiger partial charge < -0.3 is 0 Å². The topological polar surface area (TPSA) is 0 Å². The molecule has 2 rings (SSSR count). The van der Waals surface area contributed by atoms with Crippen LogP contribution in [0.15, 0.2) is 24.3 Å². The maximum Gasteiger partial charge on any atom is -0.0149 e. The Morgan fingerprint density at radius 2 is 1.80 bits per heavy atom. The summed E-state index contributed by atoms with van der Waals surface area (Å²) >= 11 is 0. The number of hydrogen-bond donors (Lipinski definition) is 0. The van der Waals surface area contributed by atoms with Crippen molar-refractivity contribution in [1.29, 1.82) is 0 Å². The molecule has 2 aliphatic rings. The van der Waals surface area contributed by atoms with Crippen molar-refractivity contribution in [3.05, 3.63) is 24.3 Å². The highest BCUT2D eigenvalue weighted by molar-refractivity contribution is 5.15. The molecule has 0 amide bonds. The predicted molar refractivity (Wildman–Crippen MR) is 115 cm³/mol. The molecule has 146 valence electrons. The zero-order valence-electron chi connectivity index (χ0n) is 18.3. The first-order valence-corrected chi connectivity index (χ1v) is 11.3. The van der Waals surface area contributed by atoms with Gasteiger partial charge in [0.05, 0.1) is 0 Å². The molecule has 0 N–H and O–H groups in total. The Hall–Kier alpha value is -0.520. The molecule has 25 heavy (non-hydrogen) atoms. The highest BCUT2D eigenvalue weighted by Crippen LogP contribution is 2.59. The van der Waals surface area contributed by atoms with Crippen LogP contribution >= 0.6 is 0 Å². The molecular weight excluding hydrogens is 300 g/mol. The Kier molecular flexibility index (Phi) is 9.54. The van der Waals surface area contributed by atoms with E-state index >= 15 is 0 Å². The van der Waals surface area contributed by atoms with Crippen LogP contribution in [-0.4, -0.2) is 0 Å². The second-order valence-corrected chi connectivity index (χ2v) is 8.93. The Bertz CT molecular complexity index is 418. The highest BCUT2D eigenvalue weighted by Gasteiger charge is 2.49. The summed E-state index contributed by atoms with van der Waals surface area (Å²) in [5.41, 5.74) is 3.57. The van der Waals surface area contributed by atoms with Crippen LogP contribution in [0.1, 0.15) is 106 Å². The number of unbranched alkanes of at least 4 members (excludes halogenated alkanes) is 1. The van der Waals surface area contributed by atoms with Gasteiger partial charge in [-0.2, -0.15) is 0 Å². The fourth-order valence-corrected chi connectivity index (χ4v) is 5.77. The van der Waals surface area contributed by atoms with E-state index in [9.17, 15) is 0 Å². The van der Waals surface area contributed by atoms with Gasteiger partial charge in [-0.3, -0.25) is 0 Å². The molecule has 2 aliphatic carbocycles. The Morgan fingerprint density at radius 3 is 2.44 bits per heavy atom. The molecule has 5 unspecified atom stereocenters. The first-order chi connectivity index (χ1) is 11.9. The minimum Gasteiger partial charge on any atom is -0.0996 e. The molecule has 0 nitrogen and oxygen atoms in total. The summed E-state index contributed by atoms with van der Waals surface area (Å²) in [5.74, 6) is 3.37. The van der Waals surface area contributed by atoms with Gasteiger partial charge in [-0.1, -0.05) is 85.1 Å². The maximum absolute atomic E-state index is 4.41. The van der Waals surface area contributed by atoms with Gasteiger partial charge in [0.1, 0.15) is 0 Å². The molecule has 0 aromatic carbocycles. The molecule has 2 fully saturated rings. The lowest BCUT2D eigenvalue weighted by atomic mass is 9.61. The Labute approximate surface area is 159 Å². The van der Waals surface area contributed by atoms with Gasteiger partial charge in [-0.05, 0) is 74.0 Å². The van der Waals surface area contributed by atoms with Crippen molar-refractivity contribution in [2.45, 2.75) is 106 Å². The first kappa shape index (κ1) is 22.5. The van der Waals surface area contributed by atoms with E-state index in [2.05, 4.69) is 40.9 Å². The second-order valence-electron chi connectivity index (χ2n) is 8.93. The van der Waals surface area contributed by atoms with Crippen molar-refractivity contribution in [1.82, 2.24) is 0 Å². The lowest BCUT2D eigenvalue weighted by Gasteiger charge is -2.44. The molecular formula is C25H46. The summed E-state index contributed by atoms with van der Waals surface area (Å²) in [6, 6.07) is 0. The average Bonchev–Trinajstić information content (AvgIpc) is 2.97. The van der Waals surface area contributed by atoms with Crippen molar-refractivity contribution in [3.8, 4) is 0 Å². The minimum atomic E-state index is 0.568. The van der Waals surface area contributed by atoms with Crippen molar-refractivity contribution in [2.24, 2.45) is 29.1 Å². The molecule has 0 aliphatic heterocycles. The van der Waals surface area contributed by atoms with Crippen molar-refractivity contribution < 1.29 is 0 Å². The van der Waals surface area contributed by atoms with Crippen molar-refractivity contribution in [2.75, 3.05) is 0 Å². The number of rotatable bonds is 8. The summed E-state index contributed by atoms with van der Waals surface area (Å²) in [6.45, 7) is 22.3. The van der Waals surface area contributed by atoms with Crippen LogP contribution in [0, 0.1) is 29.1 Å². The zero-order valence-corrected chi connectivity index (χ0v) is 18.3. The molecule has 2 saturated carbocycles. The molecule has 0 saturated heterocycles. The monoisotopic (exact) mass is 346 g/mol. The number of allylic oxidation sites excluding steroid dienone is 2. The van der Waals surface area contributed by atoms with Crippen LogP contribution in [0.25, 0.3) is 0 Å². The van der Waals surface area contributed by atoms with E-state index in [-0.39, 0.29) is 0 Å². The molecule has 0 heteroatoms. The van der Waals surface area contributed by atoms with Crippen LogP contribution in [-0.2, 0) is 0 Å². The standard InChI is InChI=1S/C23H40.C2H6/c1-7-17(2)18(3)11-8-9-12-19(4)21-14-15-22-20(5)13-10-16-23(21,22)6;1-2/h18-19,21-22H,2,5,7-16H2,1,3-4,6H3;1-2H3. The molecule has 0 radical (unpaired) electrons. The minimum absolute atomic E-state index is 0.568. The van der Waals surface area contributed by atoms with Crippen LogP contribution < -0.4 is 0 Å². The third-order valence-electron chi connectivity index (χ3n) is 7.50. The van der Waals surface area contributed by atoms with Crippen molar-refractivity contribution in [3.63, 3.8) is 0 Å². The van der Waals surface area contributed by atoms with Crippen molar-refractivity contribution >= 4 is 0 Å². The van der Waals surface area contributed by atoms with Crippen LogP contribution in [0.3, 0.4) is 0 Å². The Balaban J connectivity index is 0.00000151. The van der Waals surface area contributed by atoms with E-state index < -0.39 is 0 Å². The maximum atomic E-state index is 4.41. The quantitative estimate of drug-likeness (QED) is 0.305. The lowest BCUT2D eigenvalue weighted by Crippen LogP contribution is -2.35. The molecule has 0 spiro atoms. The summed E-state index contributed by atoms with van der Waals surface area (Å²) in [7, 11) is 0. The van der Waals surface area contributed by atoms with E-state index in [1.165, 1.54) is 63.4 Å². The number of hydrogen-bond acceptors (Lipinski definition) is 0. The van der Waals surface area contributed by atoms with Crippen LogP contribution in [0.2, 0.25) is 0 Å². The third kappa shape index (κ3) is 5.48. The number of fused-ring (bicyclic) bond motifs is 1. The largest absolute Gasteiger partial charge is 0.0996 e. The summed E-state index contributed by atoms with van der Waals surface area (Å²) in [4.78, 5) is 0. The van der Waals surface area contributed by atoms with E-state index in [0.717, 1.165) is 24.2 Å². The highest BCUT2D eigenvalue weighted by atomic mass is 14.5. The summed E-state index contributed by atoms with van der Waals surface area (Å²) < 4.78 is 0. The SMILES string of the molecule is C=C(CC)C(C)CCCCC(C)C1CCC2C(=C)CCCC21C.CC. The summed E-state index contributed by atoms with van der Waals surface area (Å²) in [6.07, 6.45) is 13.7. The summed E-state index contributed by atoms with van der Waals surface area (Å²) in [5, 5.41) is 0. The van der Waals surface area contributed by atoms with Gasteiger partial charge in [0, 0.05) is 0 Å². The van der Waals surface area contributed by atoms with Crippen LogP contribution in [0.5, 0.6) is 0 Å². The first-order valence-electron chi connectivity index (χ1n) is 11.3. The average molecular weight is 347 g/mol. The van der Waals surface area contributed by atoms with E-state index in [1.54, 1.807) is 5.57 Å². The smallest absolute Gasteiger partial charge is 0.0149 e. The van der Waals surface area contributed by atoms with Gasteiger partial charge >= 0.3 is 0 Å². The van der Waals surface area contributed by atoms with E-state index in [0.29, 0.717) is 11.3 Å². The van der Waals surface area contributed by atoms with E-state index in [1.807, 2.05) is 13.8 Å². The normalized spacial score (nSPS) is 30.9. The lowest BCUT2D eigenvalue weighted by molar-refractivity contribution is 0.0934. The molecule has 0 aromatic rings. The molecule has 0 aromatic heterocycles. The molecule has 0 heterocycles. The third-order valence-corrected chi connectivity index (χ3v) is 7.50. The Morgan fingerprint density at radius 1 is 1.16 bits per heavy atom. The fourth-order valence-electron chi connectivity index (χ4n) is 5.77. The van der Waals surface area contributed by atoms with Gasteiger partial charge in [-0.25, -0.2) is 0 Å². The van der Waals surface area contributed by atoms with E-state index in [4.69, 9.17) is 0 Å². The van der Waals surface area contributed by atoms with Gasteiger partial charge in [0.2, 0.25) is 0 Å². The van der Waals surface area contributed by atoms with Gasteiger partial charge in [-0.15, -0.1) is 0 Å². The fraction of sp³-hybridized carbons (Fsp3) is 0.840. The van der Waals surface area contributed by atoms with Gasteiger partial charge in [0.15, 0.2) is 0 Å². The second kappa shape index (κ2) is 10.6. The molecule has 5 atom stereocenters. The van der Waals surface area contributed by atoms with Crippen LogP contribution in [0.4, 0.5) is 0 Å². The van der Waals surface area contributed by atoms with Gasteiger partial charge in [0.25, 0.3) is 0 Å². The predicted octanol–water partition coefficient (Wildman–Crippen LogP) is 8.58.